The Morgan fingerprint density at radius 2 is 2.06 bits per heavy atom. The standard InChI is InChI=1S/C12H24N4S/c1-9(2)16-11(14-8-15-16)6-10(13)7-17-12(3,4)5/h8-10H,6-7,13H2,1-5H3. The van der Waals surface area contributed by atoms with Crippen LogP contribution < -0.4 is 5.73 Å². The van der Waals surface area contributed by atoms with Gasteiger partial charge in [-0.25, -0.2) is 9.67 Å². The lowest BCUT2D eigenvalue weighted by atomic mass is 10.2. The van der Waals surface area contributed by atoms with Crippen LogP contribution in [-0.4, -0.2) is 31.3 Å². The van der Waals surface area contributed by atoms with Gasteiger partial charge < -0.3 is 5.73 Å². The van der Waals surface area contributed by atoms with E-state index in [0.29, 0.717) is 6.04 Å². The van der Waals surface area contributed by atoms with Gasteiger partial charge in [0.1, 0.15) is 12.2 Å². The molecule has 0 radical (unpaired) electrons. The van der Waals surface area contributed by atoms with Crippen molar-refractivity contribution in [2.45, 2.75) is 57.9 Å². The number of thioether (sulfide) groups is 1. The van der Waals surface area contributed by atoms with E-state index in [-0.39, 0.29) is 10.8 Å². The number of nitrogens with two attached hydrogens (primary N) is 1. The van der Waals surface area contributed by atoms with Crippen LogP contribution in [0.25, 0.3) is 0 Å². The van der Waals surface area contributed by atoms with Gasteiger partial charge in [-0.3, -0.25) is 0 Å². The van der Waals surface area contributed by atoms with Crippen LogP contribution in [0, 0.1) is 0 Å². The molecule has 0 spiro atoms. The summed E-state index contributed by atoms with van der Waals surface area (Å²) >= 11 is 1.90. The highest BCUT2D eigenvalue weighted by atomic mass is 32.2. The zero-order valence-corrected chi connectivity index (χ0v) is 12.3. The van der Waals surface area contributed by atoms with E-state index < -0.39 is 0 Å². The lowest BCUT2D eigenvalue weighted by Gasteiger charge is -2.20. The zero-order valence-electron chi connectivity index (χ0n) is 11.5. The van der Waals surface area contributed by atoms with Crippen molar-refractivity contribution < 1.29 is 0 Å². The fourth-order valence-electron chi connectivity index (χ4n) is 1.50. The Labute approximate surface area is 108 Å². The predicted molar refractivity (Wildman–Crippen MR) is 74.3 cm³/mol. The summed E-state index contributed by atoms with van der Waals surface area (Å²) < 4.78 is 2.21. The second-order valence-corrected chi connectivity index (χ2v) is 7.45. The smallest absolute Gasteiger partial charge is 0.138 e. The molecule has 0 saturated heterocycles. The molecular weight excluding hydrogens is 232 g/mol. The third kappa shape index (κ3) is 5.08. The van der Waals surface area contributed by atoms with Crippen LogP contribution in [0.4, 0.5) is 0 Å². The SMILES string of the molecule is CC(C)n1ncnc1CC(N)CSC(C)(C)C. The largest absolute Gasteiger partial charge is 0.327 e. The molecule has 17 heavy (non-hydrogen) atoms. The van der Waals surface area contributed by atoms with Gasteiger partial charge in [-0.1, -0.05) is 20.8 Å². The van der Waals surface area contributed by atoms with Crippen molar-refractivity contribution in [3.8, 4) is 0 Å². The van der Waals surface area contributed by atoms with Crippen molar-refractivity contribution in [2.75, 3.05) is 5.75 Å². The van der Waals surface area contributed by atoms with Gasteiger partial charge in [0, 0.05) is 29.0 Å². The van der Waals surface area contributed by atoms with Gasteiger partial charge in [0.05, 0.1) is 0 Å². The molecule has 0 amide bonds. The van der Waals surface area contributed by atoms with Crippen molar-refractivity contribution in [3.63, 3.8) is 0 Å². The van der Waals surface area contributed by atoms with Crippen LogP contribution in [-0.2, 0) is 6.42 Å². The maximum absolute atomic E-state index is 6.14. The van der Waals surface area contributed by atoms with Gasteiger partial charge in [0.2, 0.25) is 0 Å². The van der Waals surface area contributed by atoms with Crippen LogP contribution in [0.3, 0.4) is 0 Å². The molecule has 0 bridgehead atoms. The lowest BCUT2D eigenvalue weighted by molar-refractivity contribution is 0.496. The summed E-state index contributed by atoms with van der Waals surface area (Å²) in [5.74, 6) is 1.94. The summed E-state index contributed by atoms with van der Waals surface area (Å²) in [5, 5.41) is 4.22. The summed E-state index contributed by atoms with van der Waals surface area (Å²) in [7, 11) is 0. The first-order valence-corrected chi connectivity index (χ1v) is 7.06. The van der Waals surface area contributed by atoms with Crippen molar-refractivity contribution in [3.05, 3.63) is 12.2 Å². The van der Waals surface area contributed by atoms with E-state index in [1.54, 1.807) is 6.33 Å². The second-order valence-electron chi connectivity index (χ2n) is 5.60. The van der Waals surface area contributed by atoms with E-state index in [0.717, 1.165) is 18.0 Å². The number of hydrogen-bond donors (Lipinski definition) is 1. The number of rotatable bonds is 5. The van der Waals surface area contributed by atoms with Crippen molar-refractivity contribution in [1.82, 2.24) is 14.8 Å². The average Bonchev–Trinajstić information content (AvgIpc) is 2.62. The van der Waals surface area contributed by atoms with E-state index in [1.807, 2.05) is 16.4 Å². The highest BCUT2D eigenvalue weighted by Gasteiger charge is 2.16. The van der Waals surface area contributed by atoms with Gasteiger partial charge in [0.25, 0.3) is 0 Å². The topological polar surface area (TPSA) is 56.7 Å². The minimum absolute atomic E-state index is 0.140. The Morgan fingerprint density at radius 3 is 2.59 bits per heavy atom. The molecule has 2 N–H and O–H groups in total. The maximum Gasteiger partial charge on any atom is 0.138 e. The van der Waals surface area contributed by atoms with Crippen molar-refractivity contribution in [2.24, 2.45) is 5.73 Å². The zero-order chi connectivity index (χ0) is 13.1. The Bertz CT molecular complexity index is 341. The third-order valence-corrected chi connectivity index (χ3v) is 3.77. The normalized spacial score (nSPS) is 14.3. The molecule has 0 aliphatic carbocycles. The fourth-order valence-corrected chi connectivity index (χ4v) is 2.33. The summed E-state index contributed by atoms with van der Waals surface area (Å²) in [4.78, 5) is 4.28. The summed E-state index contributed by atoms with van der Waals surface area (Å²) in [6, 6.07) is 0.482. The van der Waals surface area contributed by atoms with Crippen LogP contribution in [0.5, 0.6) is 0 Å². The van der Waals surface area contributed by atoms with E-state index in [1.165, 1.54) is 0 Å². The fraction of sp³-hybridized carbons (Fsp3) is 0.833. The first kappa shape index (κ1) is 14.5. The highest BCUT2D eigenvalue weighted by Crippen LogP contribution is 2.23. The van der Waals surface area contributed by atoms with Gasteiger partial charge in [-0.05, 0) is 13.8 Å². The molecule has 1 unspecified atom stereocenters. The van der Waals surface area contributed by atoms with Gasteiger partial charge >= 0.3 is 0 Å². The summed E-state index contributed by atoms with van der Waals surface area (Å²) in [5.41, 5.74) is 6.14. The molecule has 98 valence electrons. The van der Waals surface area contributed by atoms with E-state index in [9.17, 15) is 0 Å². The molecule has 0 aromatic carbocycles. The van der Waals surface area contributed by atoms with Crippen molar-refractivity contribution >= 4 is 11.8 Å². The van der Waals surface area contributed by atoms with Gasteiger partial charge in [-0.2, -0.15) is 16.9 Å². The Kier molecular flexibility index (Phi) is 5.01. The van der Waals surface area contributed by atoms with Crippen LogP contribution in [0.2, 0.25) is 0 Å². The molecule has 0 saturated carbocycles. The molecule has 1 rings (SSSR count). The predicted octanol–water partition coefficient (Wildman–Crippen LogP) is 2.26. The molecule has 4 nitrogen and oxygen atoms in total. The number of aromatic nitrogens is 3. The highest BCUT2D eigenvalue weighted by molar-refractivity contribution is 8.00. The molecule has 1 aromatic rings. The minimum atomic E-state index is 0.140. The molecule has 1 heterocycles. The lowest BCUT2D eigenvalue weighted by Crippen LogP contribution is -2.29. The maximum atomic E-state index is 6.14. The first-order valence-electron chi connectivity index (χ1n) is 6.07. The summed E-state index contributed by atoms with van der Waals surface area (Å²) in [6.07, 6.45) is 2.40. The second kappa shape index (κ2) is 5.87. The molecular formula is C12H24N4S. The van der Waals surface area contributed by atoms with Crippen LogP contribution in [0.15, 0.2) is 6.33 Å². The summed E-state index contributed by atoms with van der Waals surface area (Å²) in [6.45, 7) is 10.8. The molecule has 0 aliphatic rings. The monoisotopic (exact) mass is 256 g/mol. The minimum Gasteiger partial charge on any atom is -0.327 e. The Hall–Kier alpha value is -0.550. The van der Waals surface area contributed by atoms with E-state index in [4.69, 9.17) is 5.73 Å². The molecule has 5 heteroatoms. The Balaban J connectivity index is 2.50. The third-order valence-electron chi connectivity index (χ3n) is 2.31. The van der Waals surface area contributed by atoms with Gasteiger partial charge in [-0.15, -0.1) is 0 Å². The molecule has 1 atom stereocenters. The molecule has 0 aliphatic heterocycles. The van der Waals surface area contributed by atoms with E-state index in [2.05, 4.69) is 44.7 Å². The number of hydrogen-bond acceptors (Lipinski definition) is 4. The van der Waals surface area contributed by atoms with Crippen LogP contribution >= 0.6 is 11.8 Å². The van der Waals surface area contributed by atoms with Crippen LogP contribution in [0.1, 0.15) is 46.5 Å². The van der Waals surface area contributed by atoms with Crippen molar-refractivity contribution in [1.29, 1.82) is 0 Å². The number of nitrogens with zero attached hydrogens (tertiary/aromatic N) is 3. The Morgan fingerprint density at radius 1 is 1.41 bits per heavy atom. The first-order chi connectivity index (χ1) is 7.79. The molecule has 0 fully saturated rings. The quantitative estimate of drug-likeness (QED) is 0.878. The van der Waals surface area contributed by atoms with E-state index >= 15 is 0 Å². The average molecular weight is 256 g/mol. The van der Waals surface area contributed by atoms with Gasteiger partial charge in [0.15, 0.2) is 0 Å². The molecule has 1 aromatic heterocycles.